The summed E-state index contributed by atoms with van der Waals surface area (Å²) in [5, 5.41) is 3.06. The summed E-state index contributed by atoms with van der Waals surface area (Å²) in [6.07, 6.45) is 0.487. The molecule has 0 aromatic heterocycles. The lowest BCUT2D eigenvalue weighted by atomic mass is 9.88. The van der Waals surface area contributed by atoms with Crippen LogP contribution in [-0.2, 0) is 16.1 Å². The van der Waals surface area contributed by atoms with Crippen LogP contribution in [0.15, 0.2) is 42.5 Å². The number of benzene rings is 2. The maximum Gasteiger partial charge on any atom is 0.231 e. The van der Waals surface area contributed by atoms with E-state index in [9.17, 15) is 9.59 Å². The molecule has 170 valence electrons. The molecule has 0 saturated carbocycles. The molecule has 2 aromatic carbocycles. The lowest BCUT2D eigenvalue weighted by Crippen LogP contribution is -2.35. The third-order valence-electron chi connectivity index (χ3n) is 6.04. The fraction of sp³-hybridized carbons (Fsp3) is 0.440. The zero-order chi connectivity index (χ0) is 22.7. The molecular weight excluding hydrogens is 408 g/mol. The van der Waals surface area contributed by atoms with Crippen LogP contribution in [0.5, 0.6) is 17.2 Å². The Hall–Kier alpha value is -3.22. The first-order valence-electron chi connectivity index (χ1n) is 11.0. The summed E-state index contributed by atoms with van der Waals surface area (Å²) < 4.78 is 16.0. The number of hydrogen-bond acceptors (Lipinski definition) is 5. The van der Waals surface area contributed by atoms with E-state index >= 15 is 0 Å². The molecule has 0 unspecified atom stereocenters. The highest BCUT2D eigenvalue weighted by Crippen LogP contribution is 2.35. The van der Waals surface area contributed by atoms with Gasteiger partial charge in [-0.1, -0.05) is 32.0 Å². The smallest absolute Gasteiger partial charge is 0.231 e. The highest BCUT2D eigenvalue weighted by molar-refractivity contribution is 5.83. The van der Waals surface area contributed by atoms with Crippen molar-refractivity contribution in [2.24, 2.45) is 11.8 Å². The Kier molecular flexibility index (Phi) is 6.53. The molecule has 0 aliphatic carbocycles. The Morgan fingerprint density at radius 3 is 2.56 bits per heavy atom. The van der Waals surface area contributed by atoms with Gasteiger partial charge in [0.1, 0.15) is 5.75 Å². The van der Waals surface area contributed by atoms with E-state index in [4.69, 9.17) is 14.2 Å². The summed E-state index contributed by atoms with van der Waals surface area (Å²) in [7, 11) is 1.63. The molecule has 2 aromatic rings. The number of methoxy groups -OCH3 is 1. The molecule has 1 N–H and O–H groups in total. The Labute approximate surface area is 188 Å². The largest absolute Gasteiger partial charge is 0.497 e. The van der Waals surface area contributed by atoms with Crippen LogP contribution in [0.25, 0.3) is 0 Å². The Morgan fingerprint density at radius 1 is 1.09 bits per heavy atom. The van der Waals surface area contributed by atoms with Gasteiger partial charge in [-0.2, -0.15) is 0 Å². The van der Waals surface area contributed by atoms with E-state index in [2.05, 4.69) is 5.32 Å². The quantitative estimate of drug-likeness (QED) is 0.718. The van der Waals surface area contributed by atoms with Gasteiger partial charge in [0.15, 0.2) is 11.5 Å². The molecule has 1 fully saturated rings. The van der Waals surface area contributed by atoms with Crippen molar-refractivity contribution in [2.45, 2.75) is 32.7 Å². The molecule has 2 amide bonds. The van der Waals surface area contributed by atoms with Crippen molar-refractivity contribution in [1.82, 2.24) is 10.2 Å². The van der Waals surface area contributed by atoms with Crippen LogP contribution < -0.4 is 19.5 Å². The van der Waals surface area contributed by atoms with Gasteiger partial charge in [-0.25, -0.2) is 0 Å². The maximum absolute atomic E-state index is 13.2. The predicted octanol–water partition coefficient (Wildman–Crippen LogP) is 3.33. The standard InChI is InChI=1S/C25H30N2O5/c1-16(2)10-24(28)27-13-20(18-5-7-19(30-3)8-6-18)21(14-27)25(29)26-12-17-4-9-22-23(11-17)32-15-31-22/h4-9,11,16,20-21H,10,12-15H2,1-3H3,(H,26,29)/t20-,21-/m1/s1. The first-order valence-corrected chi connectivity index (χ1v) is 11.0. The van der Waals surface area contributed by atoms with Gasteiger partial charge in [0.05, 0.1) is 13.0 Å². The molecular formula is C25H30N2O5. The minimum Gasteiger partial charge on any atom is -0.497 e. The fourth-order valence-corrected chi connectivity index (χ4v) is 4.31. The third kappa shape index (κ3) is 4.82. The molecule has 0 spiro atoms. The van der Waals surface area contributed by atoms with E-state index in [1.807, 2.05) is 61.2 Å². The molecule has 2 heterocycles. The summed E-state index contributed by atoms with van der Waals surface area (Å²) in [5.41, 5.74) is 1.98. The second-order valence-corrected chi connectivity index (χ2v) is 8.79. The second-order valence-electron chi connectivity index (χ2n) is 8.79. The first kappa shape index (κ1) is 22.0. The summed E-state index contributed by atoms with van der Waals surface area (Å²) in [4.78, 5) is 27.8. The summed E-state index contributed by atoms with van der Waals surface area (Å²) in [5.74, 6) is 2.13. The summed E-state index contributed by atoms with van der Waals surface area (Å²) >= 11 is 0. The first-order chi connectivity index (χ1) is 15.4. The van der Waals surface area contributed by atoms with Crippen LogP contribution in [0.1, 0.15) is 37.3 Å². The van der Waals surface area contributed by atoms with Crippen molar-refractivity contribution in [3.8, 4) is 17.2 Å². The van der Waals surface area contributed by atoms with Gasteiger partial charge in [-0.3, -0.25) is 9.59 Å². The Balaban J connectivity index is 1.48. The third-order valence-corrected chi connectivity index (χ3v) is 6.04. The number of hydrogen-bond donors (Lipinski definition) is 1. The molecule has 7 nitrogen and oxygen atoms in total. The van der Waals surface area contributed by atoms with Crippen molar-refractivity contribution >= 4 is 11.8 Å². The van der Waals surface area contributed by atoms with Gasteiger partial charge in [0, 0.05) is 32.0 Å². The minimum absolute atomic E-state index is 0.0525. The van der Waals surface area contributed by atoms with E-state index in [1.54, 1.807) is 7.11 Å². The average Bonchev–Trinajstić information content (AvgIpc) is 3.44. The molecule has 0 bridgehead atoms. The van der Waals surface area contributed by atoms with Gasteiger partial charge >= 0.3 is 0 Å². The number of fused-ring (bicyclic) bond motifs is 1. The van der Waals surface area contributed by atoms with Crippen LogP contribution in [-0.4, -0.2) is 43.7 Å². The second kappa shape index (κ2) is 9.51. The van der Waals surface area contributed by atoms with E-state index in [0.717, 1.165) is 22.6 Å². The number of carbonyl (C=O) groups is 2. The van der Waals surface area contributed by atoms with Crippen molar-refractivity contribution < 1.29 is 23.8 Å². The van der Waals surface area contributed by atoms with E-state index < -0.39 is 0 Å². The molecule has 2 aliphatic heterocycles. The minimum atomic E-state index is -0.312. The normalized spacial score (nSPS) is 19.3. The lowest BCUT2D eigenvalue weighted by Gasteiger charge is -2.18. The van der Waals surface area contributed by atoms with Gasteiger partial charge in [-0.05, 0) is 41.3 Å². The van der Waals surface area contributed by atoms with Gasteiger partial charge in [-0.15, -0.1) is 0 Å². The summed E-state index contributed by atoms with van der Waals surface area (Å²) in [6, 6.07) is 13.4. The van der Waals surface area contributed by atoms with Crippen LogP contribution in [0.4, 0.5) is 0 Å². The Bertz CT molecular complexity index is 973. The predicted molar refractivity (Wildman–Crippen MR) is 120 cm³/mol. The number of rotatable bonds is 7. The Morgan fingerprint density at radius 2 is 1.84 bits per heavy atom. The zero-order valence-corrected chi connectivity index (χ0v) is 18.8. The number of ether oxygens (including phenoxy) is 3. The van der Waals surface area contributed by atoms with Gasteiger partial charge in [0.2, 0.25) is 18.6 Å². The van der Waals surface area contributed by atoms with Gasteiger partial charge < -0.3 is 24.4 Å². The molecule has 32 heavy (non-hydrogen) atoms. The maximum atomic E-state index is 13.2. The van der Waals surface area contributed by atoms with Gasteiger partial charge in [0.25, 0.3) is 0 Å². The van der Waals surface area contributed by atoms with Crippen molar-refractivity contribution in [1.29, 1.82) is 0 Å². The monoisotopic (exact) mass is 438 g/mol. The highest BCUT2D eigenvalue weighted by Gasteiger charge is 2.40. The summed E-state index contributed by atoms with van der Waals surface area (Å²) in [6.45, 7) is 5.64. The molecule has 7 heteroatoms. The van der Waals surface area contributed by atoms with Crippen LogP contribution in [0.2, 0.25) is 0 Å². The van der Waals surface area contributed by atoms with E-state index in [-0.39, 0.29) is 36.4 Å². The number of nitrogens with zero attached hydrogens (tertiary/aromatic N) is 1. The topological polar surface area (TPSA) is 77.1 Å². The molecule has 4 rings (SSSR count). The zero-order valence-electron chi connectivity index (χ0n) is 18.8. The fourth-order valence-electron chi connectivity index (χ4n) is 4.31. The van der Waals surface area contributed by atoms with Crippen molar-refractivity contribution in [3.63, 3.8) is 0 Å². The van der Waals surface area contributed by atoms with Crippen molar-refractivity contribution in [2.75, 3.05) is 27.0 Å². The van der Waals surface area contributed by atoms with Crippen molar-refractivity contribution in [3.05, 3.63) is 53.6 Å². The lowest BCUT2D eigenvalue weighted by molar-refractivity contribution is -0.131. The average molecular weight is 439 g/mol. The molecule has 2 atom stereocenters. The number of likely N-dealkylation sites (tertiary alicyclic amines) is 1. The SMILES string of the molecule is COc1ccc([C@H]2CN(C(=O)CC(C)C)C[C@H]2C(=O)NCc2ccc3c(c2)OCO3)cc1. The highest BCUT2D eigenvalue weighted by atomic mass is 16.7. The van der Waals surface area contributed by atoms with E-state index in [0.29, 0.717) is 31.8 Å². The molecule has 2 aliphatic rings. The van der Waals surface area contributed by atoms with E-state index in [1.165, 1.54) is 0 Å². The van der Waals surface area contributed by atoms with Crippen LogP contribution in [0.3, 0.4) is 0 Å². The van der Waals surface area contributed by atoms with Crippen LogP contribution >= 0.6 is 0 Å². The van der Waals surface area contributed by atoms with Crippen LogP contribution in [0, 0.1) is 11.8 Å². The number of amides is 2. The number of nitrogens with one attached hydrogen (secondary N) is 1. The molecule has 0 radical (unpaired) electrons. The number of carbonyl (C=O) groups excluding carboxylic acids is 2. The molecule has 1 saturated heterocycles.